The minimum absolute atomic E-state index is 0. The second-order valence-electron chi connectivity index (χ2n) is 7.22. The Kier molecular flexibility index (Phi) is 11.6. The smallest absolute Gasteiger partial charge is 0.119 e. The Labute approximate surface area is 193 Å². The Morgan fingerprint density at radius 3 is 2.41 bits per heavy atom. The quantitative estimate of drug-likeness (QED) is 0.620. The van der Waals surface area contributed by atoms with Crippen LogP contribution in [0, 0.1) is 0 Å². The van der Waals surface area contributed by atoms with Crippen LogP contribution in [0.3, 0.4) is 0 Å². The molecule has 2 aliphatic rings. The van der Waals surface area contributed by atoms with Crippen LogP contribution in [0.5, 0.6) is 5.75 Å². The van der Waals surface area contributed by atoms with E-state index < -0.39 is 0 Å². The van der Waals surface area contributed by atoms with Crippen LogP contribution in [0.15, 0.2) is 48.5 Å². The molecule has 1 fully saturated rings. The summed E-state index contributed by atoms with van der Waals surface area (Å²) in [5.74, 6) is 1.02. The first-order chi connectivity index (χ1) is 12.9. The molecule has 0 amide bonds. The lowest BCUT2D eigenvalue weighted by Crippen LogP contribution is -2.46. The standard InChI is InChI=1S/C22H29N3O.3ClH/c1-2-7-20(8-3-1)25-15-13-24(14-16-25)12-5-17-26-21-9-10-22-19(18-21)6-4-11-23-22;;;/h1-3,7-10,18,23H,4-6,11-17H2;3*1H. The predicted octanol–water partition coefficient (Wildman–Crippen LogP) is 4.90. The highest BCUT2D eigenvalue weighted by atomic mass is 35.5. The predicted molar refractivity (Wildman–Crippen MR) is 130 cm³/mol. The number of halogens is 3. The van der Waals surface area contributed by atoms with Crippen LogP contribution in [0.1, 0.15) is 18.4 Å². The van der Waals surface area contributed by atoms with Crippen molar-refractivity contribution in [3.63, 3.8) is 0 Å². The Hall–Kier alpha value is -1.33. The maximum absolute atomic E-state index is 5.99. The van der Waals surface area contributed by atoms with Crippen molar-refractivity contribution in [2.45, 2.75) is 19.3 Å². The third-order valence-corrected chi connectivity index (χ3v) is 5.40. The average Bonchev–Trinajstić information content (AvgIpc) is 2.72. The van der Waals surface area contributed by atoms with E-state index in [4.69, 9.17) is 4.74 Å². The second-order valence-corrected chi connectivity index (χ2v) is 7.22. The summed E-state index contributed by atoms with van der Waals surface area (Å²) in [5.41, 5.74) is 4.02. The van der Waals surface area contributed by atoms with E-state index in [0.29, 0.717) is 0 Å². The average molecular weight is 461 g/mol. The molecule has 2 aromatic rings. The molecule has 2 aliphatic heterocycles. The molecule has 4 rings (SSSR count). The third-order valence-electron chi connectivity index (χ3n) is 5.40. The molecule has 4 nitrogen and oxygen atoms in total. The number of para-hydroxylation sites is 1. The van der Waals surface area contributed by atoms with Gasteiger partial charge in [0.2, 0.25) is 0 Å². The molecule has 0 aromatic heterocycles. The van der Waals surface area contributed by atoms with Gasteiger partial charge in [-0.15, -0.1) is 37.2 Å². The van der Waals surface area contributed by atoms with Crippen molar-refractivity contribution < 1.29 is 4.74 Å². The molecule has 29 heavy (non-hydrogen) atoms. The van der Waals surface area contributed by atoms with Crippen molar-refractivity contribution in [1.82, 2.24) is 4.90 Å². The molecule has 0 saturated carbocycles. The van der Waals surface area contributed by atoms with Gasteiger partial charge in [-0.05, 0) is 55.2 Å². The molecule has 7 heteroatoms. The van der Waals surface area contributed by atoms with Gasteiger partial charge in [-0.3, -0.25) is 4.90 Å². The van der Waals surface area contributed by atoms with Gasteiger partial charge >= 0.3 is 0 Å². The van der Waals surface area contributed by atoms with Crippen LogP contribution < -0.4 is 15.0 Å². The Morgan fingerprint density at radius 2 is 1.66 bits per heavy atom. The molecule has 0 unspecified atom stereocenters. The van der Waals surface area contributed by atoms with E-state index in [1.54, 1.807) is 0 Å². The number of hydrogen-bond acceptors (Lipinski definition) is 4. The number of nitrogens with one attached hydrogen (secondary N) is 1. The van der Waals surface area contributed by atoms with Crippen molar-refractivity contribution in [3.8, 4) is 5.75 Å². The third kappa shape index (κ3) is 7.14. The van der Waals surface area contributed by atoms with Gasteiger partial charge in [-0.1, -0.05) is 18.2 Å². The van der Waals surface area contributed by atoms with Crippen molar-refractivity contribution in [1.29, 1.82) is 0 Å². The van der Waals surface area contributed by atoms with E-state index in [9.17, 15) is 0 Å². The summed E-state index contributed by atoms with van der Waals surface area (Å²) in [6.45, 7) is 7.51. The van der Waals surface area contributed by atoms with Gasteiger partial charge in [0.1, 0.15) is 5.75 Å². The number of aryl methyl sites for hydroxylation is 1. The Balaban J connectivity index is 0.00000140. The molecule has 162 valence electrons. The molecule has 0 bridgehead atoms. The van der Waals surface area contributed by atoms with Crippen molar-refractivity contribution >= 4 is 48.6 Å². The molecule has 1 N–H and O–H groups in total. The topological polar surface area (TPSA) is 27.7 Å². The number of fused-ring (bicyclic) bond motifs is 1. The minimum atomic E-state index is 0. The van der Waals surface area contributed by atoms with Gasteiger partial charge in [0, 0.05) is 50.6 Å². The summed E-state index contributed by atoms with van der Waals surface area (Å²) >= 11 is 0. The number of benzene rings is 2. The SMILES string of the molecule is Cl.Cl.Cl.c1ccc(N2CCN(CCCOc3ccc4c(c3)CCCN4)CC2)cc1. The molecule has 1 saturated heterocycles. The molecular formula is C22H32Cl3N3O. The van der Waals surface area contributed by atoms with Crippen LogP contribution in [-0.4, -0.2) is 50.8 Å². The van der Waals surface area contributed by atoms with E-state index in [-0.39, 0.29) is 37.2 Å². The lowest BCUT2D eigenvalue weighted by molar-refractivity contribution is 0.224. The summed E-state index contributed by atoms with van der Waals surface area (Å²) in [6.07, 6.45) is 3.46. The van der Waals surface area contributed by atoms with Gasteiger partial charge in [0.25, 0.3) is 0 Å². The van der Waals surface area contributed by atoms with Crippen molar-refractivity contribution in [2.24, 2.45) is 0 Å². The number of rotatable bonds is 6. The Morgan fingerprint density at radius 1 is 0.897 bits per heavy atom. The number of nitrogens with zero attached hydrogens (tertiary/aromatic N) is 2. The molecule has 0 spiro atoms. The van der Waals surface area contributed by atoms with Crippen molar-refractivity contribution in [3.05, 3.63) is 54.1 Å². The zero-order valence-corrected chi connectivity index (χ0v) is 19.2. The molecule has 2 heterocycles. The molecule has 0 atom stereocenters. The summed E-state index contributed by atoms with van der Waals surface area (Å²) < 4.78 is 5.99. The normalized spacial score (nSPS) is 15.7. The molecule has 0 radical (unpaired) electrons. The minimum Gasteiger partial charge on any atom is -0.494 e. The summed E-state index contributed by atoms with van der Waals surface area (Å²) in [5, 5.41) is 3.45. The fourth-order valence-corrected chi connectivity index (χ4v) is 3.89. The van der Waals surface area contributed by atoms with Gasteiger partial charge < -0.3 is 15.0 Å². The summed E-state index contributed by atoms with van der Waals surface area (Å²) in [6, 6.07) is 17.2. The van der Waals surface area contributed by atoms with Crippen LogP contribution >= 0.6 is 37.2 Å². The van der Waals surface area contributed by atoms with Crippen molar-refractivity contribution in [2.75, 3.05) is 56.1 Å². The van der Waals surface area contributed by atoms with E-state index in [1.807, 2.05) is 0 Å². The fraction of sp³-hybridized carbons (Fsp3) is 0.455. The monoisotopic (exact) mass is 459 g/mol. The van der Waals surface area contributed by atoms with Gasteiger partial charge in [-0.25, -0.2) is 0 Å². The highest BCUT2D eigenvalue weighted by molar-refractivity contribution is 5.86. The highest BCUT2D eigenvalue weighted by Gasteiger charge is 2.16. The van der Waals surface area contributed by atoms with E-state index >= 15 is 0 Å². The number of hydrogen-bond donors (Lipinski definition) is 1. The first-order valence-corrected chi connectivity index (χ1v) is 9.90. The highest BCUT2D eigenvalue weighted by Crippen LogP contribution is 2.26. The molecule has 2 aromatic carbocycles. The maximum atomic E-state index is 5.99. The zero-order valence-electron chi connectivity index (χ0n) is 16.7. The van der Waals surface area contributed by atoms with E-state index in [0.717, 1.165) is 64.5 Å². The van der Waals surface area contributed by atoms with Gasteiger partial charge in [0.15, 0.2) is 0 Å². The van der Waals surface area contributed by atoms with E-state index in [2.05, 4.69) is 63.6 Å². The number of piperazine rings is 1. The van der Waals surface area contributed by atoms with Crippen LogP contribution in [0.2, 0.25) is 0 Å². The van der Waals surface area contributed by atoms with E-state index in [1.165, 1.54) is 23.4 Å². The Bertz CT molecular complexity index is 710. The largest absolute Gasteiger partial charge is 0.494 e. The lowest BCUT2D eigenvalue weighted by Gasteiger charge is -2.36. The first-order valence-electron chi connectivity index (χ1n) is 9.90. The van der Waals surface area contributed by atoms with Crippen LogP contribution in [0.25, 0.3) is 0 Å². The molecule has 0 aliphatic carbocycles. The van der Waals surface area contributed by atoms with Gasteiger partial charge in [0.05, 0.1) is 6.61 Å². The van der Waals surface area contributed by atoms with Crippen LogP contribution in [0.4, 0.5) is 11.4 Å². The first kappa shape index (κ1) is 25.7. The van der Waals surface area contributed by atoms with Gasteiger partial charge in [-0.2, -0.15) is 0 Å². The zero-order chi connectivity index (χ0) is 17.6. The number of ether oxygens (including phenoxy) is 1. The van der Waals surface area contributed by atoms with Crippen LogP contribution in [-0.2, 0) is 6.42 Å². The summed E-state index contributed by atoms with van der Waals surface area (Å²) in [4.78, 5) is 5.04. The maximum Gasteiger partial charge on any atom is 0.119 e. The summed E-state index contributed by atoms with van der Waals surface area (Å²) in [7, 11) is 0. The fourth-order valence-electron chi connectivity index (χ4n) is 3.89. The second kappa shape index (κ2) is 13.1. The lowest BCUT2D eigenvalue weighted by atomic mass is 10.0. The number of anilines is 2. The molecular weight excluding hydrogens is 429 g/mol.